The summed E-state index contributed by atoms with van der Waals surface area (Å²) in [7, 11) is 0. The maximum Gasteiger partial charge on any atom is 0.233 e. The van der Waals surface area contributed by atoms with Crippen molar-refractivity contribution in [2.75, 3.05) is 6.61 Å². The van der Waals surface area contributed by atoms with E-state index in [4.69, 9.17) is 15.0 Å². The van der Waals surface area contributed by atoms with Crippen molar-refractivity contribution in [3.05, 3.63) is 23.9 Å². The highest BCUT2D eigenvalue weighted by atomic mass is 16.5. The van der Waals surface area contributed by atoms with Gasteiger partial charge in [-0.3, -0.25) is 0 Å². The van der Waals surface area contributed by atoms with Gasteiger partial charge in [0, 0.05) is 12.6 Å². The predicted molar refractivity (Wildman–Crippen MR) is 75.2 cm³/mol. The van der Waals surface area contributed by atoms with Gasteiger partial charge in [0.2, 0.25) is 11.7 Å². The first-order valence-electron chi connectivity index (χ1n) is 7.65. The van der Waals surface area contributed by atoms with E-state index in [0.717, 1.165) is 37.9 Å². The summed E-state index contributed by atoms with van der Waals surface area (Å²) in [5, 5.41) is 4.21. The fraction of sp³-hybridized carbons (Fsp3) is 0.733. The highest BCUT2D eigenvalue weighted by Crippen LogP contribution is 2.40. The van der Waals surface area contributed by atoms with E-state index in [-0.39, 0.29) is 17.6 Å². The highest BCUT2D eigenvalue weighted by molar-refractivity contribution is 5.16. The second kappa shape index (κ2) is 5.66. The Kier molecular flexibility index (Phi) is 3.89. The van der Waals surface area contributed by atoms with Gasteiger partial charge in [0.1, 0.15) is 5.60 Å². The first kappa shape index (κ1) is 13.8. The number of hydrogen-bond donors (Lipinski definition) is 1. The molecule has 1 aromatic heterocycles. The van der Waals surface area contributed by atoms with Gasteiger partial charge in [0.05, 0.1) is 5.92 Å². The third-order valence-electron chi connectivity index (χ3n) is 4.37. The Morgan fingerprint density at radius 3 is 2.80 bits per heavy atom. The van der Waals surface area contributed by atoms with Gasteiger partial charge in [-0.1, -0.05) is 36.6 Å². The third kappa shape index (κ3) is 2.52. The Labute approximate surface area is 119 Å². The van der Waals surface area contributed by atoms with Gasteiger partial charge >= 0.3 is 0 Å². The van der Waals surface area contributed by atoms with Crippen LogP contribution in [0.2, 0.25) is 0 Å². The zero-order chi connectivity index (χ0) is 14.0. The molecule has 1 saturated carbocycles. The van der Waals surface area contributed by atoms with Crippen LogP contribution in [-0.4, -0.2) is 22.8 Å². The van der Waals surface area contributed by atoms with Crippen molar-refractivity contribution in [3.63, 3.8) is 0 Å². The molecule has 5 nitrogen and oxygen atoms in total. The lowest BCUT2D eigenvalue weighted by Gasteiger charge is -2.33. The molecule has 110 valence electrons. The van der Waals surface area contributed by atoms with Crippen LogP contribution in [0.3, 0.4) is 0 Å². The molecule has 2 aliphatic carbocycles. The number of nitrogens with two attached hydrogens (primary N) is 1. The molecular weight excluding hydrogens is 254 g/mol. The molecule has 0 bridgehead atoms. The lowest BCUT2D eigenvalue weighted by Crippen LogP contribution is -2.33. The van der Waals surface area contributed by atoms with Crippen LogP contribution >= 0.6 is 0 Å². The molecule has 3 rings (SSSR count). The normalized spacial score (nSPS) is 28.9. The first-order valence-corrected chi connectivity index (χ1v) is 7.65. The predicted octanol–water partition coefficient (Wildman–Crippen LogP) is 2.64. The Bertz CT molecular complexity index is 472. The van der Waals surface area contributed by atoms with Crippen LogP contribution in [0.5, 0.6) is 0 Å². The van der Waals surface area contributed by atoms with Crippen molar-refractivity contribution in [3.8, 4) is 0 Å². The first-order chi connectivity index (χ1) is 9.73. The monoisotopic (exact) mass is 277 g/mol. The Morgan fingerprint density at radius 2 is 2.15 bits per heavy atom. The molecule has 2 atom stereocenters. The van der Waals surface area contributed by atoms with Gasteiger partial charge < -0.3 is 15.0 Å². The van der Waals surface area contributed by atoms with Crippen molar-refractivity contribution in [1.82, 2.24) is 10.1 Å². The summed E-state index contributed by atoms with van der Waals surface area (Å²) in [5.41, 5.74) is 5.55. The Morgan fingerprint density at radius 1 is 1.35 bits per heavy atom. The third-order valence-corrected chi connectivity index (χ3v) is 4.37. The summed E-state index contributed by atoms with van der Waals surface area (Å²) in [4.78, 5) is 4.63. The van der Waals surface area contributed by atoms with Gasteiger partial charge in [-0.05, 0) is 26.2 Å². The number of hydrogen-bond acceptors (Lipinski definition) is 5. The molecule has 0 aliphatic heterocycles. The maximum atomic E-state index is 6.03. The molecule has 1 aromatic rings. The minimum atomic E-state index is -0.334. The van der Waals surface area contributed by atoms with E-state index >= 15 is 0 Å². The molecule has 0 amide bonds. The van der Waals surface area contributed by atoms with Crippen molar-refractivity contribution in [1.29, 1.82) is 0 Å². The summed E-state index contributed by atoms with van der Waals surface area (Å²) < 4.78 is 11.5. The Balaban J connectivity index is 1.82. The summed E-state index contributed by atoms with van der Waals surface area (Å²) in [6.07, 6.45) is 10.5. The molecule has 20 heavy (non-hydrogen) atoms. The molecule has 0 saturated heterocycles. The molecule has 2 N–H and O–H groups in total. The molecule has 5 heteroatoms. The topological polar surface area (TPSA) is 74.2 Å². The Hall–Kier alpha value is -1.20. The van der Waals surface area contributed by atoms with Gasteiger partial charge in [-0.25, -0.2) is 0 Å². The van der Waals surface area contributed by atoms with Crippen LogP contribution in [0.4, 0.5) is 0 Å². The number of allylic oxidation sites excluding steroid dienone is 1. The van der Waals surface area contributed by atoms with E-state index in [1.807, 2.05) is 13.0 Å². The van der Waals surface area contributed by atoms with Crippen molar-refractivity contribution >= 4 is 0 Å². The number of rotatable bonds is 4. The average molecular weight is 277 g/mol. The van der Waals surface area contributed by atoms with Gasteiger partial charge in [0.25, 0.3) is 0 Å². The van der Waals surface area contributed by atoms with Crippen molar-refractivity contribution in [2.24, 2.45) is 5.73 Å². The van der Waals surface area contributed by atoms with E-state index in [9.17, 15) is 0 Å². The zero-order valence-electron chi connectivity index (χ0n) is 12.0. The minimum Gasteiger partial charge on any atom is -0.367 e. The number of aromatic nitrogens is 2. The lowest BCUT2D eigenvalue weighted by molar-refractivity contribution is -0.0777. The fourth-order valence-corrected chi connectivity index (χ4v) is 3.31. The van der Waals surface area contributed by atoms with Crippen LogP contribution in [0.15, 0.2) is 16.7 Å². The van der Waals surface area contributed by atoms with Crippen LogP contribution < -0.4 is 5.73 Å². The van der Waals surface area contributed by atoms with Gasteiger partial charge in [-0.15, -0.1) is 0 Å². The van der Waals surface area contributed by atoms with E-state index in [1.165, 1.54) is 6.42 Å². The van der Waals surface area contributed by atoms with E-state index < -0.39 is 0 Å². The SMILES string of the molecule is CCOC1(c2noc(C3C=CC(N)C3)n2)CCCCC1. The second-order valence-corrected chi connectivity index (χ2v) is 5.84. The summed E-state index contributed by atoms with van der Waals surface area (Å²) >= 11 is 0. The summed E-state index contributed by atoms with van der Waals surface area (Å²) in [6, 6.07) is 0.103. The van der Waals surface area contributed by atoms with Crippen LogP contribution in [-0.2, 0) is 10.3 Å². The maximum absolute atomic E-state index is 6.03. The van der Waals surface area contributed by atoms with E-state index in [0.29, 0.717) is 12.5 Å². The average Bonchev–Trinajstić information content (AvgIpc) is 3.09. The second-order valence-electron chi connectivity index (χ2n) is 5.84. The van der Waals surface area contributed by atoms with E-state index in [2.05, 4.69) is 16.2 Å². The molecule has 2 unspecified atom stereocenters. The molecule has 1 heterocycles. The molecule has 0 spiro atoms. The van der Waals surface area contributed by atoms with Crippen molar-refractivity contribution < 1.29 is 9.26 Å². The molecule has 0 aromatic carbocycles. The zero-order valence-corrected chi connectivity index (χ0v) is 12.0. The van der Waals surface area contributed by atoms with E-state index in [1.54, 1.807) is 0 Å². The van der Waals surface area contributed by atoms with Gasteiger partial charge in [0.15, 0.2) is 0 Å². The molecule has 0 radical (unpaired) electrons. The molecule has 2 aliphatic rings. The van der Waals surface area contributed by atoms with Gasteiger partial charge in [-0.2, -0.15) is 4.98 Å². The quantitative estimate of drug-likeness (QED) is 0.856. The summed E-state index contributed by atoms with van der Waals surface area (Å²) in [6.45, 7) is 2.70. The fourth-order valence-electron chi connectivity index (χ4n) is 3.31. The highest BCUT2D eigenvalue weighted by Gasteiger charge is 2.39. The number of ether oxygens (including phenoxy) is 1. The van der Waals surface area contributed by atoms with Crippen LogP contribution in [0, 0.1) is 0 Å². The number of nitrogens with zero attached hydrogens (tertiary/aromatic N) is 2. The summed E-state index contributed by atoms with van der Waals surface area (Å²) in [5.74, 6) is 1.56. The molecular formula is C15H23N3O2. The lowest BCUT2D eigenvalue weighted by atomic mass is 9.84. The van der Waals surface area contributed by atoms with Crippen molar-refractivity contribution in [2.45, 2.75) is 63.0 Å². The van der Waals surface area contributed by atoms with Crippen LogP contribution in [0.25, 0.3) is 0 Å². The largest absolute Gasteiger partial charge is 0.367 e. The van der Waals surface area contributed by atoms with Crippen LogP contribution in [0.1, 0.15) is 63.1 Å². The smallest absolute Gasteiger partial charge is 0.233 e. The minimum absolute atomic E-state index is 0.103. The standard InChI is InChI=1S/C15H23N3O2/c1-2-19-15(8-4-3-5-9-15)14-17-13(20-18-14)11-6-7-12(16)10-11/h6-7,11-12H,2-5,8-10,16H2,1H3. The molecule has 1 fully saturated rings.